The summed E-state index contributed by atoms with van der Waals surface area (Å²) in [6.07, 6.45) is 0. The average Bonchev–Trinajstić information content (AvgIpc) is 2.38. The molecule has 0 spiro atoms. The van der Waals surface area contributed by atoms with Crippen LogP contribution in [0.25, 0.3) is 0 Å². The van der Waals surface area contributed by atoms with Crippen LogP contribution in [0.2, 0.25) is 0 Å². The van der Waals surface area contributed by atoms with Gasteiger partial charge in [0.1, 0.15) is 24.0 Å². The van der Waals surface area contributed by atoms with E-state index in [0.29, 0.717) is 11.6 Å². The Labute approximate surface area is 126 Å². The second-order valence-electron chi connectivity index (χ2n) is 4.31. The molecule has 1 heterocycles. The van der Waals surface area contributed by atoms with Crippen molar-refractivity contribution in [3.05, 3.63) is 40.6 Å². The largest absolute Gasteiger partial charge is 0.346 e. The number of aryl methyl sites for hydroxylation is 1. The molecule has 2 rings (SSSR count). The molecule has 0 aliphatic carbocycles. The van der Waals surface area contributed by atoms with Crippen molar-refractivity contribution >= 4 is 33.3 Å². The predicted octanol–water partition coefficient (Wildman–Crippen LogP) is 3.25. The highest BCUT2D eigenvalue weighted by molar-refractivity contribution is 9.10. The van der Waals surface area contributed by atoms with E-state index in [4.69, 9.17) is 5.26 Å². The lowest BCUT2D eigenvalue weighted by Crippen LogP contribution is -2.19. The third kappa shape index (κ3) is 3.68. The summed E-state index contributed by atoms with van der Waals surface area (Å²) in [6, 6.07) is 11.8. The summed E-state index contributed by atoms with van der Waals surface area (Å²) in [4.78, 5) is 10.5. The molecular weight excluding hydrogens is 318 g/mol. The van der Waals surface area contributed by atoms with E-state index in [1.165, 1.54) is 0 Å². The van der Waals surface area contributed by atoms with Crippen LogP contribution in [-0.4, -0.2) is 23.6 Å². The topological polar surface area (TPSA) is 64.8 Å². The van der Waals surface area contributed by atoms with Crippen molar-refractivity contribution in [2.75, 3.05) is 23.8 Å². The first-order valence-electron chi connectivity index (χ1n) is 6.05. The van der Waals surface area contributed by atoms with E-state index in [2.05, 4.69) is 37.3 Å². The van der Waals surface area contributed by atoms with Gasteiger partial charge in [0.25, 0.3) is 0 Å². The fourth-order valence-corrected chi connectivity index (χ4v) is 2.11. The SMILES string of the molecule is Cc1nc(Nc2cccc(Br)c2)cc(N(C)CC#N)n1. The fourth-order valence-electron chi connectivity index (χ4n) is 1.71. The molecule has 1 N–H and O–H groups in total. The fraction of sp³-hybridized carbons (Fsp3) is 0.214. The lowest BCUT2D eigenvalue weighted by Gasteiger charge is -2.16. The molecule has 0 saturated heterocycles. The van der Waals surface area contributed by atoms with Gasteiger partial charge in [-0.2, -0.15) is 5.26 Å². The molecule has 1 aromatic carbocycles. The van der Waals surface area contributed by atoms with Crippen LogP contribution < -0.4 is 10.2 Å². The number of hydrogen-bond donors (Lipinski definition) is 1. The number of nitrogens with one attached hydrogen (secondary N) is 1. The second kappa shape index (κ2) is 6.35. The molecule has 5 nitrogen and oxygen atoms in total. The molecule has 0 fully saturated rings. The molecule has 0 atom stereocenters. The molecule has 0 amide bonds. The molecule has 1 aromatic heterocycles. The van der Waals surface area contributed by atoms with Crippen molar-refractivity contribution in [3.8, 4) is 6.07 Å². The lowest BCUT2D eigenvalue weighted by molar-refractivity contribution is 0.953. The minimum atomic E-state index is 0.285. The van der Waals surface area contributed by atoms with Crippen LogP contribution in [0.1, 0.15) is 5.82 Å². The molecule has 6 heteroatoms. The zero-order valence-corrected chi connectivity index (χ0v) is 12.8. The van der Waals surface area contributed by atoms with Crippen LogP contribution in [0.4, 0.5) is 17.3 Å². The van der Waals surface area contributed by atoms with Gasteiger partial charge >= 0.3 is 0 Å². The van der Waals surface area contributed by atoms with Crippen LogP contribution in [-0.2, 0) is 0 Å². The number of aromatic nitrogens is 2. The Kier molecular flexibility index (Phi) is 4.53. The Bertz CT molecular complexity index is 650. The van der Waals surface area contributed by atoms with Crippen molar-refractivity contribution in [2.24, 2.45) is 0 Å². The molecule has 102 valence electrons. The predicted molar refractivity (Wildman–Crippen MR) is 83.1 cm³/mol. The van der Waals surface area contributed by atoms with Gasteiger partial charge in [0.15, 0.2) is 0 Å². The maximum Gasteiger partial charge on any atom is 0.136 e. The summed E-state index contributed by atoms with van der Waals surface area (Å²) < 4.78 is 0.995. The molecular formula is C14H14BrN5. The van der Waals surface area contributed by atoms with Gasteiger partial charge in [0.2, 0.25) is 0 Å². The minimum absolute atomic E-state index is 0.285. The van der Waals surface area contributed by atoms with Gasteiger partial charge in [-0.05, 0) is 25.1 Å². The van der Waals surface area contributed by atoms with Gasteiger partial charge in [-0.1, -0.05) is 22.0 Å². The third-order valence-electron chi connectivity index (χ3n) is 2.62. The maximum atomic E-state index is 8.75. The Balaban J connectivity index is 2.26. The first-order valence-corrected chi connectivity index (χ1v) is 6.84. The van der Waals surface area contributed by atoms with Gasteiger partial charge in [0, 0.05) is 23.3 Å². The zero-order valence-electron chi connectivity index (χ0n) is 11.3. The molecule has 0 aliphatic rings. The summed E-state index contributed by atoms with van der Waals surface area (Å²) in [5.41, 5.74) is 0.936. The Morgan fingerprint density at radius 1 is 1.35 bits per heavy atom. The van der Waals surface area contributed by atoms with E-state index in [1.807, 2.05) is 44.3 Å². The number of anilines is 3. The summed E-state index contributed by atoms with van der Waals surface area (Å²) in [7, 11) is 1.83. The van der Waals surface area contributed by atoms with Crippen molar-refractivity contribution in [2.45, 2.75) is 6.92 Å². The monoisotopic (exact) mass is 331 g/mol. The van der Waals surface area contributed by atoms with E-state index < -0.39 is 0 Å². The summed E-state index contributed by atoms with van der Waals surface area (Å²) >= 11 is 3.43. The molecule has 0 bridgehead atoms. The van der Waals surface area contributed by atoms with E-state index in [0.717, 1.165) is 16.0 Å². The van der Waals surface area contributed by atoms with Gasteiger partial charge in [-0.15, -0.1) is 0 Å². The van der Waals surface area contributed by atoms with E-state index in [-0.39, 0.29) is 6.54 Å². The molecule has 20 heavy (non-hydrogen) atoms. The maximum absolute atomic E-state index is 8.75. The standard InChI is InChI=1S/C14H14BrN5/c1-10-17-13(9-14(18-10)20(2)7-6-16)19-12-5-3-4-11(15)8-12/h3-5,8-9H,7H2,1-2H3,(H,17,18,19). The first-order chi connectivity index (χ1) is 9.58. The smallest absolute Gasteiger partial charge is 0.136 e. The van der Waals surface area contributed by atoms with Crippen LogP contribution in [0.15, 0.2) is 34.8 Å². The van der Waals surface area contributed by atoms with Crippen LogP contribution in [0.3, 0.4) is 0 Å². The number of halogens is 1. The summed E-state index contributed by atoms with van der Waals surface area (Å²) in [5, 5.41) is 12.0. The van der Waals surface area contributed by atoms with Crippen LogP contribution >= 0.6 is 15.9 Å². The summed E-state index contributed by atoms with van der Waals surface area (Å²) in [5.74, 6) is 2.08. The number of hydrogen-bond acceptors (Lipinski definition) is 5. The van der Waals surface area contributed by atoms with Gasteiger partial charge in [-0.3, -0.25) is 0 Å². The van der Waals surface area contributed by atoms with E-state index in [1.54, 1.807) is 4.90 Å². The zero-order chi connectivity index (χ0) is 14.5. The molecule has 0 unspecified atom stereocenters. The first kappa shape index (κ1) is 14.3. The molecule has 0 radical (unpaired) electrons. The Hall–Kier alpha value is -2.13. The quantitative estimate of drug-likeness (QED) is 0.871. The highest BCUT2D eigenvalue weighted by Gasteiger charge is 2.06. The van der Waals surface area contributed by atoms with E-state index >= 15 is 0 Å². The summed E-state index contributed by atoms with van der Waals surface area (Å²) in [6.45, 7) is 2.11. The van der Waals surface area contributed by atoms with Crippen LogP contribution in [0, 0.1) is 18.3 Å². The Morgan fingerprint density at radius 3 is 2.85 bits per heavy atom. The number of benzene rings is 1. The minimum Gasteiger partial charge on any atom is -0.346 e. The van der Waals surface area contributed by atoms with Gasteiger partial charge in [-0.25, -0.2) is 9.97 Å². The highest BCUT2D eigenvalue weighted by atomic mass is 79.9. The van der Waals surface area contributed by atoms with Crippen molar-refractivity contribution < 1.29 is 0 Å². The molecule has 0 aliphatic heterocycles. The normalized spacial score (nSPS) is 9.90. The average molecular weight is 332 g/mol. The lowest BCUT2D eigenvalue weighted by atomic mass is 10.3. The van der Waals surface area contributed by atoms with Crippen molar-refractivity contribution in [1.29, 1.82) is 5.26 Å². The van der Waals surface area contributed by atoms with Crippen molar-refractivity contribution in [3.63, 3.8) is 0 Å². The van der Waals surface area contributed by atoms with Crippen LogP contribution in [0.5, 0.6) is 0 Å². The van der Waals surface area contributed by atoms with E-state index in [9.17, 15) is 0 Å². The number of rotatable bonds is 4. The van der Waals surface area contributed by atoms with Gasteiger partial charge in [0.05, 0.1) is 6.07 Å². The number of nitrogens with zero attached hydrogens (tertiary/aromatic N) is 4. The third-order valence-corrected chi connectivity index (χ3v) is 3.11. The highest BCUT2D eigenvalue weighted by Crippen LogP contribution is 2.21. The van der Waals surface area contributed by atoms with Crippen molar-refractivity contribution in [1.82, 2.24) is 9.97 Å². The molecule has 2 aromatic rings. The Morgan fingerprint density at radius 2 is 2.15 bits per heavy atom. The second-order valence-corrected chi connectivity index (χ2v) is 5.22. The number of nitriles is 1. The van der Waals surface area contributed by atoms with Gasteiger partial charge < -0.3 is 10.2 Å². The molecule has 0 saturated carbocycles.